The van der Waals surface area contributed by atoms with Gasteiger partial charge in [0.2, 0.25) is 5.91 Å². The molecule has 3 saturated carbocycles. The Morgan fingerprint density at radius 3 is 2.54 bits per heavy atom. The molecule has 8 nitrogen and oxygen atoms in total. The molecule has 3 aliphatic carbocycles. The number of rotatable bonds is 5. The first-order chi connectivity index (χ1) is 13.2. The van der Waals surface area contributed by atoms with Crippen molar-refractivity contribution in [2.75, 3.05) is 11.9 Å². The van der Waals surface area contributed by atoms with Crippen LogP contribution in [0.25, 0.3) is 0 Å². The number of benzene rings is 1. The zero-order valence-electron chi connectivity index (χ0n) is 15.7. The number of hydrogen-bond acceptors (Lipinski definition) is 6. The molecule has 0 radical (unpaired) electrons. The molecule has 28 heavy (non-hydrogen) atoms. The van der Waals surface area contributed by atoms with Crippen LogP contribution in [0.3, 0.4) is 0 Å². The average molecular weight is 383 g/mol. The maximum atomic E-state index is 13.1. The van der Waals surface area contributed by atoms with Gasteiger partial charge in [0.1, 0.15) is 11.3 Å². The summed E-state index contributed by atoms with van der Waals surface area (Å²) in [4.78, 5) is 63.4. The standard InChI is InChI=1S/C20H21N3O5/c1-10(2)22-16(26)9-21-13-5-3-4-12-17(13)19(28)23(18(12)27)20-7-11(8-20)14(24)6-15(20)25/h3-5,10-11,21H,6-9H2,1-2H3,(H,22,26). The molecule has 3 fully saturated rings. The number of fused-ring (bicyclic) bond motifs is 3. The number of hydrogen-bond donors (Lipinski definition) is 2. The molecule has 146 valence electrons. The van der Waals surface area contributed by atoms with Gasteiger partial charge in [0, 0.05) is 17.6 Å². The Labute approximate surface area is 161 Å². The predicted octanol–water partition coefficient (Wildman–Crippen LogP) is 0.910. The van der Waals surface area contributed by atoms with Crippen molar-refractivity contribution in [3.05, 3.63) is 29.3 Å². The van der Waals surface area contributed by atoms with Crippen molar-refractivity contribution in [3.8, 4) is 0 Å². The summed E-state index contributed by atoms with van der Waals surface area (Å²) in [5.74, 6) is -2.02. The molecule has 1 aromatic carbocycles. The van der Waals surface area contributed by atoms with Gasteiger partial charge in [-0.1, -0.05) is 6.07 Å². The van der Waals surface area contributed by atoms with Crippen molar-refractivity contribution in [1.29, 1.82) is 0 Å². The smallest absolute Gasteiger partial charge is 0.264 e. The van der Waals surface area contributed by atoms with Gasteiger partial charge in [-0.25, -0.2) is 0 Å². The first-order valence-corrected chi connectivity index (χ1v) is 9.36. The molecule has 0 saturated heterocycles. The van der Waals surface area contributed by atoms with Crippen molar-refractivity contribution in [1.82, 2.24) is 10.2 Å². The van der Waals surface area contributed by atoms with Gasteiger partial charge < -0.3 is 10.6 Å². The van der Waals surface area contributed by atoms with Crippen LogP contribution in [0.5, 0.6) is 0 Å². The highest BCUT2D eigenvalue weighted by Crippen LogP contribution is 2.51. The van der Waals surface area contributed by atoms with Gasteiger partial charge >= 0.3 is 0 Å². The van der Waals surface area contributed by atoms with Crippen molar-refractivity contribution in [2.24, 2.45) is 5.92 Å². The molecule has 8 heteroatoms. The average Bonchev–Trinajstić information content (AvgIpc) is 2.84. The second-order valence-corrected chi connectivity index (χ2v) is 7.95. The third kappa shape index (κ3) is 2.55. The van der Waals surface area contributed by atoms with Crippen LogP contribution in [0.2, 0.25) is 0 Å². The maximum Gasteiger partial charge on any atom is 0.264 e. The zero-order chi connectivity index (χ0) is 20.2. The molecule has 5 rings (SSSR count). The van der Waals surface area contributed by atoms with E-state index in [1.165, 1.54) is 0 Å². The number of carbonyl (C=O) groups is 5. The lowest BCUT2D eigenvalue weighted by Crippen LogP contribution is -2.68. The Hall–Kier alpha value is -3.03. The molecule has 1 heterocycles. The molecule has 2 bridgehead atoms. The van der Waals surface area contributed by atoms with E-state index in [4.69, 9.17) is 0 Å². The molecular weight excluding hydrogens is 362 g/mol. The summed E-state index contributed by atoms with van der Waals surface area (Å²) in [7, 11) is 0. The van der Waals surface area contributed by atoms with Gasteiger partial charge in [0.05, 0.1) is 24.1 Å². The van der Waals surface area contributed by atoms with Crippen LogP contribution in [0.15, 0.2) is 18.2 Å². The van der Waals surface area contributed by atoms with Crippen molar-refractivity contribution in [2.45, 2.75) is 44.7 Å². The van der Waals surface area contributed by atoms with E-state index in [0.717, 1.165) is 4.90 Å². The fourth-order valence-corrected chi connectivity index (χ4v) is 4.36. The second kappa shape index (κ2) is 6.25. The molecule has 4 aliphatic rings. The van der Waals surface area contributed by atoms with Crippen molar-refractivity contribution in [3.63, 3.8) is 0 Å². The van der Waals surface area contributed by atoms with Gasteiger partial charge in [0.15, 0.2) is 5.78 Å². The number of anilines is 1. The van der Waals surface area contributed by atoms with Crippen molar-refractivity contribution >= 4 is 35.0 Å². The Morgan fingerprint density at radius 1 is 1.18 bits per heavy atom. The summed E-state index contributed by atoms with van der Waals surface area (Å²) in [6.45, 7) is 3.64. The lowest BCUT2D eigenvalue weighted by molar-refractivity contribution is -0.153. The maximum absolute atomic E-state index is 13.1. The van der Waals surface area contributed by atoms with Crippen LogP contribution in [0.4, 0.5) is 5.69 Å². The molecule has 0 unspecified atom stereocenters. The van der Waals surface area contributed by atoms with Gasteiger partial charge in [-0.15, -0.1) is 0 Å². The van der Waals surface area contributed by atoms with E-state index in [9.17, 15) is 24.0 Å². The van der Waals surface area contributed by atoms with Crippen LogP contribution in [-0.2, 0) is 14.4 Å². The summed E-state index contributed by atoms with van der Waals surface area (Å²) in [5, 5.41) is 5.66. The summed E-state index contributed by atoms with van der Waals surface area (Å²) < 4.78 is 0. The van der Waals surface area contributed by atoms with Crippen LogP contribution in [-0.4, -0.2) is 52.3 Å². The van der Waals surface area contributed by atoms with Gasteiger partial charge in [-0.05, 0) is 38.8 Å². The summed E-state index contributed by atoms with van der Waals surface area (Å²) in [6, 6.07) is 4.79. The number of amides is 3. The lowest BCUT2D eigenvalue weighted by atomic mass is 9.57. The zero-order valence-corrected chi connectivity index (χ0v) is 15.7. The largest absolute Gasteiger partial charge is 0.375 e. The highest BCUT2D eigenvalue weighted by atomic mass is 16.2. The van der Waals surface area contributed by atoms with Crippen LogP contribution in [0.1, 0.15) is 53.8 Å². The Kier molecular flexibility index (Phi) is 4.10. The molecule has 1 aromatic rings. The highest BCUT2D eigenvalue weighted by Gasteiger charge is 2.64. The second-order valence-electron chi connectivity index (χ2n) is 7.95. The number of carbonyl (C=O) groups excluding carboxylic acids is 5. The minimum absolute atomic E-state index is 0.0137. The third-order valence-electron chi connectivity index (χ3n) is 5.71. The van der Waals surface area contributed by atoms with Crippen LogP contribution >= 0.6 is 0 Å². The number of Topliss-reactive ketones (excluding diaryl/α,β-unsaturated/α-hetero) is 2. The summed E-state index contributed by atoms with van der Waals surface area (Å²) in [5.41, 5.74) is -0.434. The monoisotopic (exact) mass is 383 g/mol. The van der Waals surface area contributed by atoms with Gasteiger partial charge in [-0.3, -0.25) is 28.9 Å². The first kappa shape index (κ1) is 18.3. The van der Waals surface area contributed by atoms with E-state index in [0.29, 0.717) is 5.69 Å². The molecular formula is C20H21N3O5. The Bertz CT molecular complexity index is 930. The number of nitrogens with zero attached hydrogens (tertiary/aromatic N) is 1. The van der Waals surface area contributed by atoms with Crippen LogP contribution in [0, 0.1) is 5.92 Å². The van der Waals surface area contributed by atoms with Crippen LogP contribution < -0.4 is 10.6 Å². The van der Waals surface area contributed by atoms with E-state index >= 15 is 0 Å². The van der Waals surface area contributed by atoms with E-state index in [-0.39, 0.29) is 66.4 Å². The summed E-state index contributed by atoms with van der Waals surface area (Å²) >= 11 is 0. The van der Waals surface area contributed by atoms with Gasteiger partial charge in [-0.2, -0.15) is 0 Å². The normalized spacial score (nSPS) is 25.7. The minimum Gasteiger partial charge on any atom is -0.375 e. The highest BCUT2D eigenvalue weighted by molar-refractivity contribution is 6.27. The minimum atomic E-state index is -1.20. The SMILES string of the molecule is CC(C)NC(=O)CNc1cccc2c1C(=O)N(C13CC(C1)C(=O)CC3=O)C2=O. The predicted molar refractivity (Wildman–Crippen MR) is 98.8 cm³/mol. The Morgan fingerprint density at radius 2 is 1.89 bits per heavy atom. The molecule has 0 spiro atoms. The molecule has 0 atom stereocenters. The van der Waals surface area contributed by atoms with E-state index in [1.807, 2.05) is 13.8 Å². The molecule has 0 aromatic heterocycles. The topological polar surface area (TPSA) is 113 Å². The molecule has 3 amide bonds. The van der Waals surface area contributed by atoms with E-state index in [1.54, 1.807) is 18.2 Å². The number of ketones is 2. The van der Waals surface area contributed by atoms with Gasteiger partial charge in [0.25, 0.3) is 11.8 Å². The quantitative estimate of drug-likeness (QED) is 0.577. The number of imide groups is 1. The first-order valence-electron chi connectivity index (χ1n) is 9.36. The third-order valence-corrected chi connectivity index (χ3v) is 5.71. The molecule has 2 N–H and O–H groups in total. The lowest BCUT2D eigenvalue weighted by Gasteiger charge is -2.53. The van der Waals surface area contributed by atoms with E-state index in [2.05, 4.69) is 10.6 Å². The van der Waals surface area contributed by atoms with E-state index < -0.39 is 17.4 Å². The molecule has 1 aliphatic heterocycles. The summed E-state index contributed by atoms with van der Waals surface area (Å²) in [6.07, 6.45) is 0.212. The fourth-order valence-electron chi connectivity index (χ4n) is 4.36. The number of nitrogens with one attached hydrogen (secondary N) is 2. The van der Waals surface area contributed by atoms with Crippen molar-refractivity contribution < 1.29 is 24.0 Å². The fraction of sp³-hybridized carbons (Fsp3) is 0.450. The Balaban J connectivity index is 1.61.